The van der Waals surface area contributed by atoms with Crippen LogP contribution in [0.1, 0.15) is 32.6 Å². The number of ether oxygens (including phenoxy) is 7. The summed E-state index contributed by atoms with van der Waals surface area (Å²) in [7, 11) is -5.07. The minimum Gasteiger partial charge on any atom is -0.488 e. The summed E-state index contributed by atoms with van der Waals surface area (Å²) in [5.74, 6) is -2.05. The molecule has 4 amide bonds. The normalized spacial score (nSPS) is 18.2. The van der Waals surface area contributed by atoms with E-state index in [-0.39, 0.29) is 67.7 Å². The quantitative estimate of drug-likeness (QED) is 0.0204. The van der Waals surface area contributed by atoms with Gasteiger partial charge in [0.2, 0.25) is 6.29 Å². The van der Waals surface area contributed by atoms with E-state index < -0.39 is 96.6 Å². The molecule has 1 heterocycles. The second kappa shape index (κ2) is 23.4. The van der Waals surface area contributed by atoms with Crippen molar-refractivity contribution in [1.29, 1.82) is 0 Å². The smallest absolute Gasteiger partial charge is 0.488 e. The van der Waals surface area contributed by atoms with Crippen LogP contribution in [-0.4, -0.2) is 117 Å². The maximum atomic E-state index is 13.3. The van der Waals surface area contributed by atoms with Gasteiger partial charge in [-0.25, -0.2) is 14.4 Å². The second-order valence-corrected chi connectivity index (χ2v) is 14.0. The van der Waals surface area contributed by atoms with Gasteiger partial charge in [-0.2, -0.15) is 0 Å². The Kier molecular flexibility index (Phi) is 18.1. The zero-order chi connectivity index (χ0) is 46.1. The number of hydrogen-bond acceptors (Lipinski definition) is 20. The van der Waals surface area contributed by atoms with Crippen LogP contribution in [0.25, 0.3) is 10.4 Å². The fourth-order valence-corrected chi connectivity index (χ4v) is 6.23. The van der Waals surface area contributed by atoms with Gasteiger partial charge in [-0.3, -0.25) is 4.79 Å². The van der Waals surface area contributed by atoms with Crippen molar-refractivity contribution in [2.45, 2.75) is 57.1 Å². The third kappa shape index (κ3) is 15.2. The number of nitrogens with two attached hydrogens (primary N) is 3. The van der Waals surface area contributed by atoms with Gasteiger partial charge in [0, 0.05) is 34.7 Å². The number of aliphatic hydroxyl groups excluding tert-OH is 4. The summed E-state index contributed by atoms with van der Waals surface area (Å²) in [5, 5.41) is 46.4. The van der Waals surface area contributed by atoms with Gasteiger partial charge in [-0.1, -0.05) is 17.2 Å². The number of hydrogen-bond donors (Lipinski definition) is 8. The van der Waals surface area contributed by atoms with Crippen LogP contribution in [0.2, 0.25) is 0 Å². The Morgan fingerprint density at radius 3 is 2.02 bits per heavy atom. The van der Waals surface area contributed by atoms with E-state index in [0.29, 0.717) is 11.1 Å². The molecule has 342 valence electrons. The molecule has 3 aromatic rings. The highest BCUT2D eigenvalue weighted by atomic mass is 32.3. The van der Waals surface area contributed by atoms with Crippen LogP contribution in [0.5, 0.6) is 23.0 Å². The molecule has 0 radical (unpaired) electrons. The molecule has 26 nitrogen and oxygen atoms in total. The van der Waals surface area contributed by atoms with Crippen LogP contribution in [0.4, 0.5) is 14.4 Å². The van der Waals surface area contributed by atoms with Gasteiger partial charge in [-0.15, -0.1) is 8.42 Å². The van der Waals surface area contributed by atoms with Crippen molar-refractivity contribution < 1.29 is 89.5 Å². The average Bonchev–Trinajstić information content (AvgIpc) is 3.24. The summed E-state index contributed by atoms with van der Waals surface area (Å²) in [6.07, 6.45) is -12.0. The number of aliphatic hydroxyl groups is 4. The summed E-state index contributed by atoms with van der Waals surface area (Å²) in [4.78, 5) is 49.6. The fraction of sp³-hybridized carbons (Fsp3) is 0.389. The predicted molar refractivity (Wildman–Crippen MR) is 209 cm³/mol. The molecule has 5 atom stereocenters. The monoisotopic (exact) mass is 909 g/mol. The molecule has 0 bridgehead atoms. The number of amides is 4. The first-order chi connectivity index (χ1) is 30.0. The molecule has 27 heteroatoms. The van der Waals surface area contributed by atoms with E-state index in [1.54, 1.807) is 0 Å². The first-order valence-electron chi connectivity index (χ1n) is 18.2. The molecule has 1 fully saturated rings. The molecule has 0 saturated carbocycles. The lowest BCUT2D eigenvalue weighted by Crippen LogP contribution is -2.60. The van der Waals surface area contributed by atoms with E-state index in [4.69, 9.17) is 64.3 Å². The van der Waals surface area contributed by atoms with Crippen molar-refractivity contribution in [3.05, 3.63) is 92.9 Å². The Labute approximate surface area is 357 Å². The first-order valence-corrected chi connectivity index (χ1v) is 19.6. The third-order valence-corrected chi connectivity index (χ3v) is 9.13. The van der Waals surface area contributed by atoms with Crippen molar-refractivity contribution in [1.82, 2.24) is 5.32 Å². The Bertz CT molecular complexity index is 2190. The molecule has 3 aromatic carbocycles. The number of carbonyl (C=O) groups is 4. The highest BCUT2D eigenvalue weighted by Gasteiger charge is 2.45. The molecule has 0 unspecified atom stereocenters. The van der Waals surface area contributed by atoms with E-state index in [1.807, 2.05) is 0 Å². The lowest BCUT2D eigenvalue weighted by atomic mass is 9.99. The lowest BCUT2D eigenvalue weighted by molar-refractivity contribution is -0.277. The number of benzene rings is 3. The van der Waals surface area contributed by atoms with Gasteiger partial charge < -0.3 is 84.5 Å². The second-order valence-electron chi connectivity index (χ2n) is 12.9. The van der Waals surface area contributed by atoms with E-state index in [2.05, 4.69) is 15.3 Å². The molecule has 1 saturated heterocycles. The topological polar surface area (TPSA) is 405 Å². The SMILES string of the molecule is [N-]=[N+]=NCCOCCNC(=O)c1ccc(O[C@H]2O[C@@H](CO)[C@@H](O)[C@@H](O)[C@@H]2O)c(OS(=O)(=O)Oc2ccc(COc3c(COC(N)=O)cc(COC(N)=O)cc3COC(N)=O)cc2)c1. The lowest BCUT2D eigenvalue weighted by Gasteiger charge is -2.39. The fourth-order valence-electron chi connectivity index (χ4n) is 5.50. The van der Waals surface area contributed by atoms with Crippen LogP contribution >= 0.6 is 0 Å². The van der Waals surface area contributed by atoms with Gasteiger partial charge in [-0.05, 0) is 59.1 Å². The maximum Gasteiger partial charge on any atom is 0.501 e. The molecule has 11 N–H and O–H groups in total. The van der Waals surface area contributed by atoms with Crippen LogP contribution in [0, 0.1) is 0 Å². The standard InChI is InChI=1S/C36H43N7O19S/c37-34(49)56-16-20-11-22(17-57-35(38)50)31(23(12-20)18-58-36(39)51)55-15-19-1-4-24(5-2-19)61-63(52,53)62-26-13-21(32(48)41-7-9-54-10-8-42-43-40)3-6-25(26)59-33-30(47)29(46)28(45)27(14-44)60-33/h1-6,11-13,27-30,33,44-47H,7-10,14-18H2,(H2,37,49)(H2,38,50)(H2,39,51)(H,41,48)/t27-,28+,29+,30-,33-/m0/s1. The average molecular weight is 910 g/mol. The number of rotatable bonds is 23. The van der Waals surface area contributed by atoms with Gasteiger partial charge in [0.05, 0.1) is 19.8 Å². The zero-order valence-electron chi connectivity index (χ0n) is 32.8. The van der Waals surface area contributed by atoms with Crippen molar-refractivity contribution in [3.8, 4) is 23.0 Å². The van der Waals surface area contributed by atoms with Crippen molar-refractivity contribution >= 4 is 34.6 Å². The minimum atomic E-state index is -5.07. The van der Waals surface area contributed by atoms with Gasteiger partial charge in [0.1, 0.15) is 62.3 Å². The van der Waals surface area contributed by atoms with Crippen molar-refractivity contribution in [2.75, 3.05) is 32.9 Å². The van der Waals surface area contributed by atoms with E-state index in [1.165, 1.54) is 42.5 Å². The minimum absolute atomic E-state index is 0.00722. The third-order valence-electron chi connectivity index (χ3n) is 8.35. The molecular weight excluding hydrogens is 866 g/mol. The Balaban J connectivity index is 1.53. The summed E-state index contributed by atoms with van der Waals surface area (Å²) in [6, 6.07) is 11.4. The molecule has 1 aliphatic heterocycles. The Morgan fingerprint density at radius 1 is 0.778 bits per heavy atom. The maximum absolute atomic E-state index is 13.3. The van der Waals surface area contributed by atoms with Crippen LogP contribution < -0.4 is 40.4 Å². The first kappa shape index (κ1) is 48.8. The largest absolute Gasteiger partial charge is 0.501 e. The number of carbonyl (C=O) groups excluding carboxylic acids is 4. The predicted octanol–water partition coefficient (Wildman–Crippen LogP) is -0.0105. The van der Waals surface area contributed by atoms with Gasteiger partial charge in [0.15, 0.2) is 11.5 Å². The summed E-state index contributed by atoms with van der Waals surface area (Å²) in [5.41, 5.74) is 24.7. The van der Waals surface area contributed by atoms with E-state index in [0.717, 1.165) is 12.1 Å². The van der Waals surface area contributed by atoms with Crippen molar-refractivity contribution in [3.63, 3.8) is 0 Å². The van der Waals surface area contributed by atoms with E-state index >= 15 is 0 Å². The molecule has 0 aromatic heterocycles. The Hall–Kier alpha value is -6.84. The molecular formula is C36H43N7O19S. The highest BCUT2D eigenvalue weighted by molar-refractivity contribution is 7.82. The highest BCUT2D eigenvalue weighted by Crippen LogP contribution is 2.34. The molecule has 0 aliphatic carbocycles. The zero-order valence-corrected chi connectivity index (χ0v) is 33.7. The summed E-state index contributed by atoms with van der Waals surface area (Å²) < 4.78 is 73.8. The van der Waals surface area contributed by atoms with Gasteiger partial charge in [0.25, 0.3) is 5.91 Å². The number of nitrogens with zero attached hydrogens (tertiary/aromatic N) is 3. The molecule has 4 rings (SSSR count). The summed E-state index contributed by atoms with van der Waals surface area (Å²) >= 11 is 0. The van der Waals surface area contributed by atoms with Crippen LogP contribution in [-0.2, 0) is 60.5 Å². The summed E-state index contributed by atoms with van der Waals surface area (Å²) in [6.45, 7) is -2.00. The number of azide groups is 1. The van der Waals surface area contributed by atoms with Crippen molar-refractivity contribution in [2.24, 2.45) is 22.3 Å². The van der Waals surface area contributed by atoms with Crippen LogP contribution in [0.3, 0.4) is 0 Å². The number of nitrogens with one attached hydrogen (secondary N) is 1. The van der Waals surface area contributed by atoms with E-state index in [9.17, 15) is 48.0 Å². The van der Waals surface area contributed by atoms with Crippen LogP contribution in [0.15, 0.2) is 59.7 Å². The Morgan fingerprint density at radius 2 is 1.41 bits per heavy atom. The van der Waals surface area contributed by atoms with Gasteiger partial charge >= 0.3 is 28.7 Å². The molecule has 1 aliphatic rings. The number of primary amides is 3. The molecule has 0 spiro atoms. The molecule has 63 heavy (non-hydrogen) atoms.